The summed E-state index contributed by atoms with van der Waals surface area (Å²) in [5, 5.41) is 6.32. The summed E-state index contributed by atoms with van der Waals surface area (Å²) in [6, 6.07) is 8.44. The smallest absolute Gasteiger partial charge is 0.141 e. The normalized spacial score (nSPS) is 10.2. The Balaban J connectivity index is 2.04. The minimum Gasteiger partial charge on any atom is -0.381 e. The SMILES string of the molecule is CNc1cc(NCc2ccc(F)c(Cl)c2)ccn1. The molecule has 3 nitrogen and oxygen atoms in total. The van der Waals surface area contributed by atoms with E-state index in [1.54, 1.807) is 18.3 Å². The predicted octanol–water partition coefficient (Wildman–Crippen LogP) is 3.53. The molecule has 0 atom stereocenters. The maximum absolute atomic E-state index is 13.0. The van der Waals surface area contributed by atoms with Crippen molar-refractivity contribution in [1.82, 2.24) is 4.98 Å². The summed E-state index contributed by atoms with van der Waals surface area (Å²) in [5.41, 5.74) is 1.86. The Bertz CT molecular complexity index is 546. The Labute approximate surface area is 110 Å². The number of aromatic nitrogens is 1. The predicted molar refractivity (Wildman–Crippen MR) is 72.5 cm³/mol. The van der Waals surface area contributed by atoms with E-state index in [9.17, 15) is 4.39 Å². The highest BCUT2D eigenvalue weighted by Crippen LogP contribution is 2.17. The van der Waals surface area contributed by atoms with Crippen molar-refractivity contribution in [3.05, 3.63) is 52.9 Å². The number of nitrogens with zero attached hydrogens (tertiary/aromatic N) is 1. The molecule has 18 heavy (non-hydrogen) atoms. The first kappa shape index (κ1) is 12.6. The second-order valence-electron chi connectivity index (χ2n) is 3.78. The van der Waals surface area contributed by atoms with E-state index in [0.29, 0.717) is 6.54 Å². The molecule has 1 aromatic carbocycles. The second-order valence-corrected chi connectivity index (χ2v) is 4.19. The zero-order valence-corrected chi connectivity index (χ0v) is 10.6. The molecule has 0 unspecified atom stereocenters. The van der Waals surface area contributed by atoms with E-state index in [0.717, 1.165) is 17.1 Å². The van der Waals surface area contributed by atoms with Gasteiger partial charge in [-0.1, -0.05) is 17.7 Å². The molecule has 2 rings (SSSR count). The Kier molecular flexibility index (Phi) is 3.99. The van der Waals surface area contributed by atoms with Gasteiger partial charge >= 0.3 is 0 Å². The molecule has 94 valence electrons. The van der Waals surface area contributed by atoms with Crippen molar-refractivity contribution in [2.24, 2.45) is 0 Å². The summed E-state index contributed by atoms with van der Waals surface area (Å²) in [7, 11) is 1.81. The molecule has 1 heterocycles. The van der Waals surface area contributed by atoms with Crippen LogP contribution >= 0.6 is 11.6 Å². The highest BCUT2D eigenvalue weighted by atomic mass is 35.5. The van der Waals surface area contributed by atoms with E-state index in [2.05, 4.69) is 15.6 Å². The molecule has 0 radical (unpaired) electrons. The van der Waals surface area contributed by atoms with Gasteiger partial charge in [-0.05, 0) is 23.8 Å². The third kappa shape index (κ3) is 3.11. The van der Waals surface area contributed by atoms with Crippen molar-refractivity contribution >= 4 is 23.1 Å². The fraction of sp³-hybridized carbons (Fsp3) is 0.154. The lowest BCUT2D eigenvalue weighted by Gasteiger charge is -2.08. The van der Waals surface area contributed by atoms with Crippen molar-refractivity contribution < 1.29 is 4.39 Å². The molecule has 0 aliphatic carbocycles. The molecule has 0 aliphatic heterocycles. The van der Waals surface area contributed by atoms with Gasteiger partial charge in [-0.2, -0.15) is 0 Å². The number of hydrogen-bond acceptors (Lipinski definition) is 3. The Hall–Kier alpha value is -1.81. The largest absolute Gasteiger partial charge is 0.381 e. The topological polar surface area (TPSA) is 37.0 Å². The Morgan fingerprint density at radius 1 is 1.28 bits per heavy atom. The summed E-state index contributed by atoms with van der Waals surface area (Å²) in [6.07, 6.45) is 1.71. The standard InChI is InChI=1S/C13H13ClFN3/c1-16-13-7-10(4-5-17-13)18-8-9-2-3-12(15)11(14)6-9/h2-7H,8H2,1H3,(H2,16,17,18). The van der Waals surface area contributed by atoms with E-state index in [-0.39, 0.29) is 5.02 Å². The van der Waals surface area contributed by atoms with Crippen LogP contribution in [0.1, 0.15) is 5.56 Å². The molecule has 1 aromatic heterocycles. The molecule has 0 saturated carbocycles. The summed E-state index contributed by atoms with van der Waals surface area (Å²) in [6.45, 7) is 0.577. The fourth-order valence-corrected chi connectivity index (χ4v) is 1.73. The van der Waals surface area contributed by atoms with Crippen molar-refractivity contribution in [2.45, 2.75) is 6.54 Å². The molecule has 0 saturated heterocycles. The monoisotopic (exact) mass is 265 g/mol. The zero-order valence-electron chi connectivity index (χ0n) is 9.87. The van der Waals surface area contributed by atoms with Gasteiger partial charge < -0.3 is 10.6 Å². The number of nitrogens with one attached hydrogen (secondary N) is 2. The van der Waals surface area contributed by atoms with Gasteiger partial charge in [0, 0.05) is 31.5 Å². The van der Waals surface area contributed by atoms with Gasteiger partial charge in [0.15, 0.2) is 0 Å². The molecular weight excluding hydrogens is 253 g/mol. The first-order valence-corrected chi connectivity index (χ1v) is 5.88. The molecule has 0 amide bonds. The van der Waals surface area contributed by atoms with Gasteiger partial charge in [-0.3, -0.25) is 0 Å². The van der Waals surface area contributed by atoms with Crippen molar-refractivity contribution in [3.63, 3.8) is 0 Å². The van der Waals surface area contributed by atoms with E-state index < -0.39 is 5.82 Å². The third-order valence-corrected chi connectivity index (χ3v) is 2.79. The van der Waals surface area contributed by atoms with E-state index in [1.807, 2.05) is 19.2 Å². The number of rotatable bonds is 4. The number of benzene rings is 1. The highest BCUT2D eigenvalue weighted by molar-refractivity contribution is 6.30. The summed E-state index contributed by atoms with van der Waals surface area (Å²) in [5.74, 6) is 0.388. The van der Waals surface area contributed by atoms with Crippen molar-refractivity contribution in [3.8, 4) is 0 Å². The van der Waals surface area contributed by atoms with Crippen LogP contribution in [0.3, 0.4) is 0 Å². The van der Waals surface area contributed by atoms with Gasteiger partial charge in [0.05, 0.1) is 5.02 Å². The third-order valence-electron chi connectivity index (χ3n) is 2.50. The van der Waals surface area contributed by atoms with Crippen LogP contribution in [0, 0.1) is 5.82 Å². The van der Waals surface area contributed by atoms with Crippen molar-refractivity contribution in [2.75, 3.05) is 17.7 Å². The van der Waals surface area contributed by atoms with E-state index >= 15 is 0 Å². The zero-order chi connectivity index (χ0) is 13.0. The molecule has 0 spiro atoms. The number of halogens is 2. The van der Waals surface area contributed by atoms with Gasteiger partial charge in [-0.25, -0.2) is 9.37 Å². The minimum atomic E-state index is -0.401. The van der Waals surface area contributed by atoms with Crippen LogP contribution in [-0.4, -0.2) is 12.0 Å². The van der Waals surface area contributed by atoms with Crippen LogP contribution in [0.4, 0.5) is 15.9 Å². The van der Waals surface area contributed by atoms with Crippen LogP contribution in [0.2, 0.25) is 5.02 Å². The molecule has 5 heteroatoms. The molecule has 2 aromatic rings. The number of anilines is 2. The summed E-state index contributed by atoms with van der Waals surface area (Å²) in [4.78, 5) is 4.12. The molecule has 0 bridgehead atoms. The first-order valence-electron chi connectivity index (χ1n) is 5.50. The number of hydrogen-bond donors (Lipinski definition) is 2. The van der Waals surface area contributed by atoms with Gasteiger partial charge in [0.2, 0.25) is 0 Å². The van der Waals surface area contributed by atoms with Crippen molar-refractivity contribution in [1.29, 1.82) is 0 Å². The maximum atomic E-state index is 13.0. The quantitative estimate of drug-likeness (QED) is 0.888. The first-order chi connectivity index (χ1) is 8.69. The second kappa shape index (κ2) is 5.69. The average molecular weight is 266 g/mol. The highest BCUT2D eigenvalue weighted by Gasteiger charge is 2.01. The van der Waals surface area contributed by atoms with Gasteiger partial charge in [-0.15, -0.1) is 0 Å². The van der Waals surface area contributed by atoms with E-state index in [1.165, 1.54) is 6.07 Å². The summed E-state index contributed by atoms with van der Waals surface area (Å²) < 4.78 is 13.0. The van der Waals surface area contributed by atoms with E-state index in [4.69, 9.17) is 11.6 Å². The van der Waals surface area contributed by atoms with Crippen LogP contribution < -0.4 is 10.6 Å². The molecular formula is C13H13ClFN3. The fourth-order valence-electron chi connectivity index (χ4n) is 1.53. The lowest BCUT2D eigenvalue weighted by molar-refractivity contribution is 0.627. The van der Waals surface area contributed by atoms with Crippen LogP contribution in [0.25, 0.3) is 0 Å². The minimum absolute atomic E-state index is 0.139. The van der Waals surface area contributed by atoms with Crippen LogP contribution in [0.15, 0.2) is 36.5 Å². The lowest BCUT2D eigenvalue weighted by atomic mass is 10.2. The van der Waals surface area contributed by atoms with Gasteiger partial charge in [0.1, 0.15) is 11.6 Å². The van der Waals surface area contributed by atoms with Crippen LogP contribution in [-0.2, 0) is 6.54 Å². The van der Waals surface area contributed by atoms with Gasteiger partial charge in [0.25, 0.3) is 0 Å². The number of pyridine rings is 1. The lowest BCUT2D eigenvalue weighted by Crippen LogP contribution is -2.01. The molecule has 2 N–H and O–H groups in total. The summed E-state index contributed by atoms with van der Waals surface area (Å²) >= 11 is 5.72. The maximum Gasteiger partial charge on any atom is 0.141 e. The Morgan fingerprint density at radius 2 is 2.11 bits per heavy atom. The van der Waals surface area contributed by atoms with Crippen LogP contribution in [0.5, 0.6) is 0 Å². The average Bonchev–Trinajstić information content (AvgIpc) is 2.40. The molecule has 0 fully saturated rings. The Morgan fingerprint density at radius 3 is 2.83 bits per heavy atom. The molecule has 0 aliphatic rings.